The summed E-state index contributed by atoms with van der Waals surface area (Å²) in [5, 5.41) is 12.2. The summed E-state index contributed by atoms with van der Waals surface area (Å²) in [4.78, 5) is 23.6. The Kier molecular flexibility index (Phi) is 4.32. The van der Waals surface area contributed by atoms with Crippen LogP contribution in [0.25, 0.3) is 0 Å². The first-order valence-electron chi connectivity index (χ1n) is 6.09. The Morgan fingerprint density at radius 1 is 1.40 bits per heavy atom. The number of hydrogen-bond donors (Lipinski definition) is 1. The van der Waals surface area contributed by atoms with Crippen LogP contribution in [0.2, 0.25) is 10.0 Å². The topological polar surface area (TPSA) is 70.0 Å². The van der Waals surface area contributed by atoms with Crippen LogP contribution in [0.5, 0.6) is 0 Å². The van der Waals surface area contributed by atoms with Gasteiger partial charge in [0.15, 0.2) is 11.7 Å². The summed E-state index contributed by atoms with van der Waals surface area (Å²) in [5.41, 5.74) is 0.909. The van der Waals surface area contributed by atoms with Gasteiger partial charge in [-0.2, -0.15) is 5.26 Å². The van der Waals surface area contributed by atoms with Crippen LogP contribution < -0.4 is 5.32 Å². The average Bonchev–Trinajstić information content (AvgIpc) is 3.22. The summed E-state index contributed by atoms with van der Waals surface area (Å²) in [5.74, 6) is -2.41. The second-order valence-corrected chi connectivity index (χ2v) is 5.52. The average molecular weight is 311 g/mol. The molecule has 104 valence electrons. The number of rotatable bonds is 4. The van der Waals surface area contributed by atoms with Gasteiger partial charge >= 0.3 is 0 Å². The van der Waals surface area contributed by atoms with E-state index in [2.05, 4.69) is 5.32 Å². The quantitative estimate of drug-likeness (QED) is 0.869. The molecule has 1 aromatic rings. The van der Waals surface area contributed by atoms with E-state index in [4.69, 9.17) is 28.5 Å². The Hall–Kier alpha value is -1.57. The molecule has 0 aliphatic heterocycles. The lowest BCUT2D eigenvalue weighted by Gasteiger charge is -2.06. The second kappa shape index (κ2) is 5.82. The maximum Gasteiger partial charge on any atom is 0.244 e. The molecule has 0 bridgehead atoms. The molecule has 6 heteroatoms. The van der Waals surface area contributed by atoms with Crippen LogP contribution in [0.3, 0.4) is 0 Å². The molecule has 0 saturated heterocycles. The summed E-state index contributed by atoms with van der Waals surface area (Å²) in [7, 11) is 1.41. The predicted molar refractivity (Wildman–Crippen MR) is 75.5 cm³/mol. The van der Waals surface area contributed by atoms with Gasteiger partial charge in [-0.15, -0.1) is 0 Å². The monoisotopic (exact) mass is 310 g/mol. The van der Waals surface area contributed by atoms with Crippen molar-refractivity contribution in [2.45, 2.75) is 12.3 Å². The summed E-state index contributed by atoms with van der Waals surface area (Å²) >= 11 is 11.8. The molecule has 1 aliphatic carbocycles. The first-order valence-corrected chi connectivity index (χ1v) is 6.85. The molecule has 20 heavy (non-hydrogen) atoms. The molecular weight excluding hydrogens is 299 g/mol. The van der Waals surface area contributed by atoms with Crippen molar-refractivity contribution in [2.24, 2.45) is 11.8 Å². The summed E-state index contributed by atoms with van der Waals surface area (Å²) in [6.45, 7) is 0. The van der Waals surface area contributed by atoms with Crippen molar-refractivity contribution in [1.29, 1.82) is 5.26 Å². The van der Waals surface area contributed by atoms with Crippen molar-refractivity contribution in [3.63, 3.8) is 0 Å². The lowest BCUT2D eigenvalue weighted by molar-refractivity contribution is -0.132. The number of hydrogen-bond acceptors (Lipinski definition) is 3. The molecule has 0 radical (unpaired) electrons. The number of nitriles is 1. The number of Topliss-reactive ketones (excluding diaryl/α,β-unsaturated/α-hetero) is 1. The Labute approximate surface area is 126 Å². The van der Waals surface area contributed by atoms with Crippen molar-refractivity contribution < 1.29 is 9.59 Å². The molecule has 1 fully saturated rings. The fraction of sp³-hybridized carbons (Fsp3) is 0.357. The van der Waals surface area contributed by atoms with Crippen LogP contribution in [-0.2, 0) is 9.59 Å². The smallest absolute Gasteiger partial charge is 0.244 e. The minimum atomic E-state index is -1.24. The fourth-order valence-electron chi connectivity index (χ4n) is 2.23. The molecule has 1 N–H and O–H groups in total. The third kappa shape index (κ3) is 2.79. The molecule has 4 nitrogen and oxygen atoms in total. The summed E-state index contributed by atoms with van der Waals surface area (Å²) in [6, 6.07) is 6.98. The van der Waals surface area contributed by atoms with Gasteiger partial charge < -0.3 is 5.32 Å². The molecule has 3 atom stereocenters. The van der Waals surface area contributed by atoms with E-state index >= 15 is 0 Å². The summed E-state index contributed by atoms with van der Waals surface area (Å²) < 4.78 is 0. The molecule has 0 aromatic heterocycles. The van der Waals surface area contributed by atoms with Gasteiger partial charge in [0, 0.05) is 13.0 Å². The lowest BCUT2D eigenvalue weighted by atomic mass is 9.98. The Morgan fingerprint density at radius 2 is 2.10 bits per heavy atom. The number of ketones is 1. The minimum absolute atomic E-state index is 0.0118. The predicted octanol–water partition coefficient (Wildman–Crippen LogP) is 2.55. The van der Waals surface area contributed by atoms with Crippen molar-refractivity contribution in [3.8, 4) is 6.07 Å². The Morgan fingerprint density at radius 3 is 2.65 bits per heavy atom. The standard InChI is InChI=1S/C14H12Cl2N2O2/c1-18-14(20)10(6-17)13(19)9-5-8(9)7-2-3-11(15)12(16)4-7/h2-4,8-10H,5H2,1H3,(H,18,20). The van der Waals surface area contributed by atoms with Gasteiger partial charge in [0.25, 0.3) is 0 Å². The van der Waals surface area contributed by atoms with Gasteiger partial charge in [-0.05, 0) is 30.0 Å². The van der Waals surface area contributed by atoms with Gasteiger partial charge in [0.1, 0.15) is 0 Å². The number of halogens is 2. The molecular formula is C14H12Cl2N2O2. The molecule has 1 amide bonds. The SMILES string of the molecule is CNC(=O)C(C#N)C(=O)C1CC1c1ccc(Cl)c(Cl)c1. The van der Waals surface area contributed by atoms with E-state index in [1.165, 1.54) is 7.05 Å². The molecule has 1 saturated carbocycles. The highest BCUT2D eigenvalue weighted by Gasteiger charge is 2.47. The molecule has 3 unspecified atom stereocenters. The maximum absolute atomic E-state index is 12.1. The highest BCUT2D eigenvalue weighted by molar-refractivity contribution is 6.42. The lowest BCUT2D eigenvalue weighted by Crippen LogP contribution is -2.33. The Bertz CT molecular complexity index is 610. The number of carbonyl (C=O) groups is 2. The van der Waals surface area contributed by atoms with Crippen LogP contribution >= 0.6 is 23.2 Å². The first-order chi connectivity index (χ1) is 9.49. The van der Waals surface area contributed by atoms with E-state index in [0.717, 1.165) is 5.56 Å². The zero-order valence-electron chi connectivity index (χ0n) is 10.7. The minimum Gasteiger partial charge on any atom is -0.358 e. The highest BCUT2D eigenvalue weighted by Crippen LogP contribution is 2.49. The number of benzene rings is 1. The van der Waals surface area contributed by atoms with Crippen LogP contribution in [-0.4, -0.2) is 18.7 Å². The molecule has 1 aliphatic rings. The van der Waals surface area contributed by atoms with Crippen LogP contribution in [0, 0.1) is 23.2 Å². The van der Waals surface area contributed by atoms with Gasteiger partial charge in [0.2, 0.25) is 5.91 Å². The van der Waals surface area contributed by atoms with Crippen molar-refractivity contribution in [1.82, 2.24) is 5.32 Å². The highest BCUT2D eigenvalue weighted by atomic mass is 35.5. The van der Waals surface area contributed by atoms with Crippen LogP contribution in [0.1, 0.15) is 17.9 Å². The zero-order valence-corrected chi connectivity index (χ0v) is 12.2. The number of amides is 1. The third-order valence-electron chi connectivity index (χ3n) is 3.45. The maximum atomic E-state index is 12.1. The van der Waals surface area contributed by atoms with Crippen molar-refractivity contribution >= 4 is 34.9 Å². The van der Waals surface area contributed by atoms with E-state index in [-0.39, 0.29) is 17.6 Å². The van der Waals surface area contributed by atoms with Gasteiger partial charge in [0.05, 0.1) is 16.1 Å². The van der Waals surface area contributed by atoms with Crippen molar-refractivity contribution in [3.05, 3.63) is 33.8 Å². The van der Waals surface area contributed by atoms with Crippen LogP contribution in [0.15, 0.2) is 18.2 Å². The molecule has 2 rings (SSSR count). The van der Waals surface area contributed by atoms with Gasteiger partial charge in [-0.1, -0.05) is 29.3 Å². The van der Waals surface area contributed by atoms with E-state index in [1.807, 2.05) is 6.07 Å². The molecule has 1 aromatic carbocycles. The van der Waals surface area contributed by atoms with E-state index < -0.39 is 11.8 Å². The fourth-order valence-corrected chi connectivity index (χ4v) is 2.54. The van der Waals surface area contributed by atoms with E-state index in [0.29, 0.717) is 16.5 Å². The number of carbonyl (C=O) groups excluding carboxylic acids is 2. The molecule has 0 heterocycles. The van der Waals surface area contributed by atoms with Crippen molar-refractivity contribution in [2.75, 3.05) is 7.05 Å². The van der Waals surface area contributed by atoms with Gasteiger partial charge in [-0.25, -0.2) is 0 Å². The van der Waals surface area contributed by atoms with Gasteiger partial charge in [-0.3, -0.25) is 9.59 Å². The van der Waals surface area contributed by atoms with E-state index in [1.54, 1.807) is 18.2 Å². The molecule has 0 spiro atoms. The number of nitrogens with one attached hydrogen (secondary N) is 1. The normalized spacial score (nSPS) is 21.7. The third-order valence-corrected chi connectivity index (χ3v) is 4.19. The first kappa shape index (κ1) is 14.8. The van der Waals surface area contributed by atoms with E-state index in [9.17, 15) is 9.59 Å². The second-order valence-electron chi connectivity index (χ2n) is 4.70. The van der Waals surface area contributed by atoms with Crippen LogP contribution in [0.4, 0.5) is 0 Å². The zero-order chi connectivity index (χ0) is 14.9. The number of nitrogens with zero attached hydrogens (tertiary/aromatic N) is 1. The Balaban J connectivity index is 2.11. The summed E-state index contributed by atoms with van der Waals surface area (Å²) in [6.07, 6.45) is 0.631. The largest absolute Gasteiger partial charge is 0.358 e.